The lowest BCUT2D eigenvalue weighted by molar-refractivity contribution is -0.126. The van der Waals surface area contributed by atoms with E-state index in [1.165, 1.54) is 0 Å². The van der Waals surface area contributed by atoms with Gasteiger partial charge in [-0.25, -0.2) is 4.98 Å². The molecular formula is C13H15N3O2. The SMILES string of the molecule is NC(=O)C1(n2ccnc2-c2ccco2)CCCC1. The molecule has 0 aliphatic heterocycles. The minimum Gasteiger partial charge on any atom is -0.461 e. The summed E-state index contributed by atoms with van der Waals surface area (Å²) in [5.41, 5.74) is 4.99. The van der Waals surface area contributed by atoms with E-state index in [0.717, 1.165) is 25.7 Å². The highest BCUT2D eigenvalue weighted by Gasteiger charge is 2.42. The molecule has 1 fully saturated rings. The molecule has 0 bridgehead atoms. The highest BCUT2D eigenvalue weighted by molar-refractivity contribution is 5.83. The van der Waals surface area contributed by atoms with Gasteiger partial charge in [0.1, 0.15) is 5.54 Å². The molecule has 0 atom stereocenters. The Balaban J connectivity index is 2.12. The quantitative estimate of drug-likeness (QED) is 0.897. The van der Waals surface area contributed by atoms with Crippen LogP contribution in [0.25, 0.3) is 11.6 Å². The lowest BCUT2D eigenvalue weighted by Gasteiger charge is -2.28. The monoisotopic (exact) mass is 245 g/mol. The summed E-state index contributed by atoms with van der Waals surface area (Å²) in [6.45, 7) is 0. The molecule has 0 radical (unpaired) electrons. The van der Waals surface area contributed by atoms with Gasteiger partial charge < -0.3 is 14.7 Å². The van der Waals surface area contributed by atoms with Crippen LogP contribution in [0, 0.1) is 0 Å². The van der Waals surface area contributed by atoms with Gasteiger partial charge in [-0.2, -0.15) is 0 Å². The summed E-state index contributed by atoms with van der Waals surface area (Å²) >= 11 is 0. The third-order valence-corrected chi connectivity index (χ3v) is 3.73. The van der Waals surface area contributed by atoms with Crippen molar-refractivity contribution in [1.82, 2.24) is 9.55 Å². The fourth-order valence-electron chi connectivity index (χ4n) is 2.80. The number of primary amides is 1. The fourth-order valence-corrected chi connectivity index (χ4v) is 2.80. The van der Waals surface area contributed by atoms with Crippen molar-refractivity contribution in [1.29, 1.82) is 0 Å². The van der Waals surface area contributed by atoms with E-state index < -0.39 is 5.54 Å². The van der Waals surface area contributed by atoms with E-state index in [0.29, 0.717) is 11.6 Å². The van der Waals surface area contributed by atoms with E-state index in [2.05, 4.69) is 4.98 Å². The van der Waals surface area contributed by atoms with E-state index in [9.17, 15) is 4.79 Å². The molecule has 94 valence electrons. The lowest BCUT2D eigenvalue weighted by Crippen LogP contribution is -2.44. The maximum atomic E-state index is 11.9. The molecule has 1 saturated carbocycles. The van der Waals surface area contributed by atoms with E-state index in [4.69, 9.17) is 10.2 Å². The topological polar surface area (TPSA) is 74.1 Å². The smallest absolute Gasteiger partial charge is 0.243 e. The Morgan fingerprint density at radius 1 is 1.44 bits per heavy atom. The average Bonchev–Trinajstić information content (AvgIpc) is 3.11. The molecule has 2 N–H and O–H groups in total. The van der Waals surface area contributed by atoms with Crippen LogP contribution >= 0.6 is 0 Å². The Morgan fingerprint density at radius 3 is 2.83 bits per heavy atom. The summed E-state index contributed by atoms with van der Waals surface area (Å²) in [5, 5.41) is 0. The highest BCUT2D eigenvalue weighted by Crippen LogP contribution is 2.39. The largest absolute Gasteiger partial charge is 0.461 e. The standard InChI is InChI=1S/C13H15N3O2/c14-12(17)13(5-1-2-6-13)16-8-7-15-11(16)10-4-3-9-18-10/h3-4,7-9H,1-2,5-6H2,(H2,14,17). The van der Waals surface area contributed by atoms with Crippen LogP contribution in [0.1, 0.15) is 25.7 Å². The number of amides is 1. The first-order valence-electron chi connectivity index (χ1n) is 6.12. The van der Waals surface area contributed by atoms with E-state index in [1.807, 2.05) is 16.8 Å². The summed E-state index contributed by atoms with van der Waals surface area (Å²) in [4.78, 5) is 16.2. The molecule has 5 heteroatoms. The zero-order valence-electron chi connectivity index (χ0n) is 10.0. The lowest BCUT2D eigenvalue weighted by atomic mass is 9.96. The number of carbonyl (C=O) groups excluding carboxylic acids is 1. The van der Waals surface area contributed by atoms with Crippen LogP contribution in [0.4, 0.5) is 0 Å². The van der Waals surface area contributed by atoms with Crippen molar-refractivity contribution in [3.63, 3.8) is 0 Å². The number of hydrogen-bond acceptors (Lipinski definition) is 3. The molecule has 1 amide bonds. The second kappa shape index (κ2) is 4.01. The Bertz CT molecular complexity index is 551. The van der Waals surface area contributed by atoms with Gasteiger partial charge in [0, 0.05) is 12.4 Å². The first-order chi connectivity index (χ1) is 8.74. The van der Waals surface area contributed by atoms with Crippen LogP contribution in [0.3, 0.4) is 0 Å². The van der Waals surface area contributed by atoms with E-state index in [-0.39, 0.29) is 5.91 Å². The van der Waals surface area contributed by atoms with Gasteiger partial charge in [0.2, 0.25) is 5.91 Å². The Morgan fingerprint density at radius 2 is 2.22 bits per heavy atom. The molecule has 0 spiro atoms. The maximum absolute atomic E-state index is 11.9. The van der Waals surface area contributed by atoms with Crippen molar-refractivity contribution >= 4 is 5.91 Å². The number of imidazole rings is 1. The van der Waals surface area contributed by atoms with Crippen LogP contribution in [0.2, 0.25) is 0 Å². The van der Waals surface area contributed by atoms with Gasteiger partial charge in [-0.15, -0.1) is 0 Å². The van der Waals surface area contributed by atoms with Gasteiger partial charge in [-0.1, -0.05) is 12.8 Å². The van der Waals surface area contributed by atoms with Gasteiger partial charge in [0.25, 0.3) is 0 Å². The number of nitrogens with zero attached hydrogens (tertiary/aromatic N) is 2. The number of furan rings is 1. The minimum absolute atomic E-state index is 0.286. The van der Waals surface area contributed by atoms with Crippen molar-refractivity contribution in [2.75, 3.05) is 0 Å². The molecule has 0 aromatic carbocycles. The number of nitrogens with two attached hydrogens (primary N) is 1. The van der Waals surface area contributed by atoms with Crippen LogP contribution < -0.4 is 5.73 Å². The van der Waals surface area contributed by atoms with Gasteiger partial charge in [0.05, 0.1) is 6.26 Å². The molecule has 0 unspecified atom stereocenters. The first-order valence-corrected chi connectivity index (χ1v) is 6.12. The maximum Gasteiger partial charge on any atom is 0.243 e. The molecule has 0 saturated heterocycles. The van der Waals surface area contributed by atoms with Crippen LogP contribution in [-0.4, -0.2) is 15.5 Å². The zero-order valence-corrected chi connectivity index (χ0v) is 10.0. The van der Waals surface area contributed by atoms with Crippen molar-refractivity contribution in [2.45, 2.75) is 31.2 Å². The van der Waals surface area contributed by atoms with E-state index >= 15 is 0 Å². The molecule has 1 aliphatic carbocycles. The molecular weight excluding hydrogens is 230 g/mol. The number of hydrogen-bond donors (Lipinski definition) is 1. The van der Waals surface area contributed by atoms with Gasteiger partial charge >= 0.3 is 0 Å². The summed E-state index contributed by atoms with van der Waals surface area (Å²) in [6, 6.07) is 3.64. The van der Waals surface area contributed by atoms with Crippen LogP contribution in [-0.2, 0) is 10.3 Å². The van der Waals surface area contributed by atoms with Gasteiger partial charge in [-0.3, -0.25) is 4.79 Å². The van der Waals surface area contributed by atoms with Crippen LogP contribution in [0.5, 0.6) is 0 Å². The molecule has 5 nitrogen and oxygen atoms in total. The number of rotatable bonds is 3. The predicted molar refractivity (Wildman–Crippen MR) is 65.6 cm³/mol. The number of aromatic nitrogens is 2. The van der Waals surface area contributed by atoms with Crippen molar-refractivity contribution in [3.8, 4) is 11.6 Å². The predicted octanol–water partition coefficient (Wildman–Crippen LogP) is 1.90. The highest BCUT2D eigenvalue weighted by atomic mass is 16.3. The van der Waals surface area contributed by atoms with E-state index in [1.54, 1.807) is 18.5 Å². The molecule has 1 aliphatic rings. The number of carbonyl (C=O) groups is 1. The molecule has 2 aromatic heterocycles. The second-order valence-corrected chi connectivity index (χ2v) is 4.70. The van der Waals surface area contributed by atoms with Crippen molar-refractivity contribution in [3.05, 3.63) is 30.8 Å². The average molecular weight is 245 g/mol. The van der Waals surface area contributed by atoms with Crippen molar-refractivity contribution < 1.29 is 9.21 Å². The second-order valence-electron chi connectivity index (χ2n) is 4.70. The Hall–Kier alpha value is -2.04. The first kappa shape index (κ1) is 11.1. The van der Waals surface area contributed by atoms with Crippen molar-refractivity contribution in [2.24, 2.45) is 5.73 Å². The minimum atomic E-state index is -0.640. The summed E-state index contributed by atoms with van der Waals surface area (Å²) in [7, 11) is 0. The summed E-state index contributed by atoms with van der Waals surface area (Å²) < 4.78 is 7.24. The molecule has 18 heavy (non-hydrogen) atoms. The third kappa shape index (κ3) is 1.47. The normalized spacial score (nSPS) is 18.0. The fraction of sp³-hybridized carbons (Fsp3) is 0.385. The Labute approximate surface area is 105 Å². The third-order valence-electron chi connectivity index (χ3n) is 3.73. The molecule has 2 heterocycles. The van der Waals surface area contributed by atoms with Gasteiger partial charge in [-0.05, 0) is 25.0 Å². The zero-order chi connectivity index (χ0) is 12.6. The van der Waals surface area contributed by atoms with Crippen LogP contribution in [0.15, 0.2) is 35.2 Å². The Kier molecular flexibility index (Phi) is 2.47. The summed E-state index contributed by atoms with van der Waals surface area (Å²) in [5.74, 6) is 1.04. The molecule has 2 aromatic rings. The summed E-state index contributed by atoms with van der Waals surface area (Å²) in [6.07, 6.45) is 8.66. The van der Waals surface area contributed by atoms with Gasteiger partial charge in [0.15, 0.2) is 11.6 Å². The molecule has 3 rings (SSSR count).